The molecule has 16 heavy (non-hydrogen) atoms. The SMILES string of the molecule is CC1CN(c2ccccc2)CCN1C(N)=S. The van der Waals surface area contributed by atoms with E-state index in [-0.39, 0.29) is 0 Å². The summed E-state index contributed by atoms with van der Waals surface area (Å²) >= 11 is 5.03. The van der Waals surface area contributed by atoms with Crippen LogP contribution in [0.1, 0.15) is 6.92 Å². The van der Waals surface area contributed by atoms with Crippen LogP contribution in [0.3, 0.4) is 0 Å². The molecule has 1 aromatic rings. The number of thiocarbonyl (C=S) groups is 1. The number of rotatable bonds is 1. The van der Waals surface area contributed by atoms with Crippen molar-refractivity contribution in [3.8, 4) is 0 Å². The highest BCUT2D eigenvalue weighted by Crippen LogP contribution is 2.18. The maximum atomic E-state index is 5.68. The van der Waals surface area contributed by atoms with Crippen molar-refractivity contribution in [2.24, 2.45) is 5.73 Å². The first kappa shape index (κ1) is 11.2. The van der Waals surface area contributed by atoms with Crippen LogP contribution in [0, 0.1) is 0 Å². The lowest BCUT2D eigenvalue weighted by molar-refractivity contribution is 0.300. The molecule has 0 spiro atoms. The Bertz CT molecular complexity index is 366. The minimum atomic E-state index is 0.381. The quantitative estimate of drug-likeness (QED) is 0.747. The molecule has 1 unspecified atom stereocenters. The molecule has 0 bridgehead atoms. The van der Waals surface area contributed by atoms with Crippen LogP contribution in [0.15, 0.2) is 30.3 Å². The Balaban J connectivity index is 2.05. The van der Waals surface area contributed by atoms with Gasteiger partial charge in [0.05, 0.1) is 0 Å². The van der Waals surface area contributed by atoms with Crippen LogP contribution in [0.5, 0.6) is 0 Å². The van der Waals surface area contributed by atoms with E-state index < -0.39 is 0 Å². The van der Waals surface area contributed by atoms with Crippen LogP contribution in [0.4, 0.5) is 5.69 Å². The molecule has 0 aliphatic carbocycles. The molecule has 1 fully saturated rings. The average Bonchev–Trinajstić information content (AvgIpc) is 2.29. The van der Waals surface area contributed by atoms with Gasteiger partial charge in [0.2, 0.25) is 0 Å². The van der Waals surface area contributed by atoms with Gasteiger partial charge in [-0.3, -0.25) is 0 Å². The number of nitrogens with zero attached hydrogens (tertiary/aromatic N) is 2. The molecule has 1 atom stereocenters. The van der Waals surface area contributed by atoms with Crippen molar-refractivity contribution in [1.82, 2.24) is 4.90 Å². The van der Waals surface area contributed by atoms with Gasteiger partial charge in [0.1, 0.15) is 0 Å². The van der Waals surface area contributed by atoms with Gasteiger partial charge in [-0.05, 0) is 31.3 Å². The molecule has 4 heteroatoms. The molecule has 2 rings (SSSR count). The summed E-state index contributed by atoms with van der Waals surface area (Å²) in [6.07, 6.45) is 0. The third-order valence-electron chi connectivity index (χ3n) is 3.03. The highest BCUT2D eigenvalue weighted by molar-refractivity contribution is 7.80. The van der Waals surface area contributed by atoms with Gasteiger partial charge < -0.3 is 15.5 Å². The molecule has 1 heterocycles. The van der Waals surface area contributed by atoms with Gasteiger partial charge in [0, 0.05) is 31.4 Å². The third-order valence-corrected chi connectivity index (χ3v) is 3.27. The highest BCUT2D eigenvalue weighted by atomic mass is 32.1. The van der Waals surface area contributed by atoms with E-state index in [2.05, 4.69) is 41.0 Å². The van der Waals surface area contributed by atoms with Crippen LogP contribution in [-0.2, 0) is 0 Å². The molecule has 0 aromatic heterocycles. The van der Waals surface area contributed by atoms with E-state index in [0.717, 1.165) is 19.6 Å². The number of nitrogens with two attached hydrogens (primary N) is 1. The van der Waals surface area contributed by atoms with Crippen LogP contribution < -0.4 is 10.6 Å². The minimum absolute atomic E-state index is 0.381. The molecular weight excluding hydrogens is 218 g/mol. The zero-order valence-electron chi connectivity index (χ0n) is 9.47. The maximum Gasteiger partial charge on any atom is 0.166 e. The number of piperazine rings is 1. The van der Waals surface area contributed by atoms with Gasteiger partial charge in [-0.1, -0.05) is 18.2 Å². The largest absolute Gasteiger partial charge is 0.376 e. The van der Waals surface area contributed by atoms with Crippen molar-refractivity contribution in [2.45, 2.75) is 13.0 Å². The molecular formula is C12H17N3S. The van der Waals surface area contributed by atoms with Gasteiger partial charge >= 0.3 is 0 Å². The van der Waals surface area contributed by atoms with E-state index in [1.807, 2.05) is 6.07 Å². The Kier molecular flexibility index (Phi) is 3.29. The average molecular weight is 235 g/mol. The van der Waals surface area contributed by atoms with Crippen molar-refractivity contribution in [1.29, 1.82) is 0 Å². The highest BCUT2D eigenvalue weighted by Gasteiger charge is 2.24. The monoisotopic (exact) mass is 235 g/mol. The molecule has 1 aliphatic heterocycles. The molecule has 1 saturated heterocycles. The molecule has 3 nitrogen and oxygen atoms in total. The van der Waals surface area contributed by atoms with E-state index in [1.165, 1.54) is 5.69 Å². The fourth-order valence-electron chi connectivity index (χ4n) is 2.16. The predicted molar refractivity (Wildman–Crippen MR) is 71.6 cm³/mol. The van der Waals surface area contributed by atoms with Crippen molar-refractivity contribution < 1.29 is 0 Å². The molecule has 0 radical (unpaired) electrons. The molecule has 2 N–H and O–H groups in total. The molecule has 0 amide bonds. The summed E-state index contributed by atoms with van der Waals surface area (Å²) < 4.78 is 0. The van der Waals surface area contributed by atoms with Gasteiger partial charge in [-0.15, -0.1) is 0 Å². The second-order valence-corrected chi connectivity index (χ2v) is 4.58. The fourth-order valence-corrected chi connectivity index (χ4v) is 2.43. The number of hydrogen-bond donors (Lipinski definition) is 1. The van der Waals surface area contributed by atoms with Crippen molar-refractivity contribution in [3.63, 3.8) is 0 Å². The maximum absolute atomic E-state index is 5.68. The fraction of sp³-hybridized carbons (Fsp3) is 0.417. The van der Waals surface area contributed by atoms with E-state index in [4.69, 9.17) is 18.0 Å². The Hall–Kier alpha value is -1.29. The summed E-state index contributed by atoms with van der Waals surface area (Å²) in [5.41, 5.74) is 6.96. The van der Waals surface area contributed by atoms with E-state index in [9.17, 15) is 0 Å². The second-order valence-electron chi connectivity index (χ2n) is 4.16. The Labute approximate surface area is 102 Å². The number of hydrogen-bond acceptors (Lipinski definition) is 2. The van der Waals surface area contributed by atoms with E-state index >= 15 is 0 Å². The lowest BCUT2D eigenvalue weighted by Crippen LogP contribution is -2.55. The second kappa shape index (κ2) is 4.70. The molecule has 1 aliphatic rings. The molecule has 86 valence electrons. The van der Waals surface area contributed by atoms with Crippen molar-refractivity contribution >= 4 is 23.0 Å². The summed E-state index contributed by atoms with van der Waals surface area (Å²) in [5.74, 6) is 0. The third kappa shape index (κ3) is 2.27. The van der Waals surface area contributed by atoms with Crippen LogP contribution in [0.25, 0.3) is 0 Å². The van der Waals surface area contributed by atoms with Crippen LogP contribution >= 0.6 is 12.2 Å². The molecule has 0 saturated carbocycles. The lowest BCUT2D eigenvalue weighted by atomic mass is 10.2. The smallest absolute Gasteiger partial charge is 0.166 e. The summed E-state index contributed by atoms with van der Waals surface area (Å²) in [6.45, 7) is 5.02. The van der Waals surface area contributed by atoms with Gasteiger partial charge in [0.15, 0.2) is 5.11 Å². The van der Waals surface area contributed by atoms with Crippen molar-refractivity contribution in [3.05, 3.63) is 30.3 Å². The van der Waals surface area contributed by atoms with Gasteiger partial charge in [-0.25, -0.2) is 0 Å². The summed E-state index contributed by atoms with van der Waals surface area (Å²) in [6, 6.07) is 10.8. The summed E-state index contributed by atoms with van der Waals surface area (Å²) in [4.78, 5) is 4.47. The first-order valence-corrected chi connectivity index (χ1v) is 5.95. The molecule has 1 aromatic carbocycles. The topological polar surface area (TPSA) is 32.5 Å². The van der Waals surface area contributed by atoms with E-state index in [0.29, 0.717) is 11.2 Å². The first-order chi connectivity index (χ1) is 7.68. The number of para-hydroxylation sites is 1. The number of anilines is 1. The minimum Gasteiger partial charge on any atom is -0.376 e. The van der Waals surface area contributed by atoms with Crippen molar-refractivity contribution in [2.75, 3.05) is 24.5 Å². The van der Waals surface area contributed by atoms with Gasteiger partial charge in [-0.2, -0.15) is 0 Å². The Morgan fingerprint density at radius 2 is 2.00 bits per heavy atom. The number of benzene rings is 1. The predicted octanol–water partition coefficient (Wildman–Crippen LogP) is 1.44. The zero-order chi connectivity index (χ0) is 11.5. The van der Waals surface area contributed by atoms with E-state index in [1.54, 1.807) is 0 Å². The first-order valence-electron chi connectivity index (χ1n) is 5.54. The van der Waals surface area contributed by atoms with Crippen LogP contribution in [0.2, 0.25) is 0 Å². The lowest BCUT2D eigenvalue weighted by Gasteiger charge is -2.41. The Morgan fingerprint density at radius 3 is 2.56 bits per heavy atom. The standard InChI is InChI=1S/C12H17N3S/c1-10-9-14(7-8-15(10)12(13)16)11-5-3-2-4-6-11/h2-6,10H,7-9H2,1H3,(H2,13,16). The summed E-state index contributed by atoms with van der Waals surface area (Å²) in [5, 5.41) is 0.514. The van der Waals surface area contributed by atoms with Crippen LogP contribution in [-0.4, -0.2) is 35.7 Å². The Morgan fingerprint density at radius 1 is 1.31 bits per heavy atom. The van der Waals surface area contributed by atoms with Gasteiger partial charge in [0.25, 0.3) is 0 Å². The summed E-state index contributed by atoms with van der Waals surface area (Å²) in [7, 11) is 0. The normalized spacial score (nSPS) is 20.9. The zero-order valence-corrected chi connectivity index (χ0v) is 10.3.